The summed E-state index contributed by atoms with van der Waals surface area (Å²) in [6.07, 6.45) is 7.03. The molecule has 0 spiro atoms. The van der Waals surface area contributed by atoms with Gasteiger partial charge in [0.05, 0.1) is 0 Å². The predicted molar refractivity (Wildman–Crippen MR) is 80.6 cm³/mol. The van der Waals surface area contributed by atoms with Crippen LogP contribution in [0, 0.1) is 0 Å². The Kier molecular flexibility index (Phi) is 11.6. The lowest BCUT2D eigenvalue weighted by Gasteiger charge is -2.19. The maximum atomic E-state index is 3.24. The van der Waals surface area contributed by atoms with Gasteiger partial charge in [-0.25, -0.2) is 0 Å². The van der Waals surface area contributed by atoms with Crippen LogP contribution in [0.5, 0.6) is 0 Å². The van der Waals surface area contributed by atoms with E-state index >= 15 is 0 Å². The van der Waals surface area contributed by atoms with Crippen molar-refractivity contribution in [2.24, 2.45) is 0 Å². The van der Waals surface area contributed by atoms with Gasteiger partial charge in [0, 0.05) is 19.6 Å². The number of nitrogens with one attached hydrogen (secondary N) is 1. The highest BCUT2D eigenvalue weighted by Crippen LogP contribution is 2.06. The molecule has 0 fully saturated rings. The van der Waals surface area contributed by atoms with E-state index in [0.717, 1.165) is 13.1 Å². The van der Waals surface area contributed by atoms with Crippen LogP contribution in [0.15, 0.2) is 23.3 Å². The SMILES string of the molecule is C.C.CC1=CCN(C)CC1.CC1=CCNCC1. The lowest BCUT2D eigenvalue weighted by atomic mass is 10.1. The summed E-state index contributed by atoms with van der Waals surface area (Å²) in [5.41, 5.74) is 3.07. The third-order valence-electron chi connectivity index (χ3n) is 2.93. The molecular formula is C15H32N2. The van der Waals surface area contributed by atoms with E-state index in [1.54, 1.807) is 5.57 Å². The van der Waals surface area contributed by atoms with Crippen molar-refractivity contribution in [1.29, 1.82) is 0 Å². The number of hydrogen-bond donors (Lipinski definition) is 1. The Labute approximate surface area is 109 Å². The van der Waals surface area contributed by atoms with E-state index in [-0.39, 0.29) is 14.9 Å². The molecule has 2 rings (SSSR count). The highest BCUT2D eigenvalue weighted by atomic mass is 15.1. The molecule has 0 bridgehead atoms. The van der Waals surface area contributed by atoms with Crippen LogP contribution in [0.1, 0.15) is 41.5 Å². The molecule has 0 atom stereocenters. The molecular weight excluding hydrogens is 208 g/mol. The van der Waals surface area contributed by atoms with E-state index in [1.807, 2.05) is 0 Å². The van der Waals surface area contributed by atoms with Crippen LogP contribution in [0.4, 0.5) is 0 Å². The molecule has 0 unspecified atom stereocenters. The topological polar surface area (TPSA) is 15.3 Å². The first kappa shape index (κ1) is 18.8. The van der Waals surface area contributed by atoms with Gasteiger partial charge in [-0.3, -0.25) is 0 Å². The first-order chi connectivity index (χ1) is 7.18. The Hall–Kier alpha value is -0.600. The minimum absolute atomic E-state index is 0. The summed E-state index contributed by atoms with van der Waals surface area (Å²) in [5.74, 6) is 0. The summed E-state index contributed by atoms with van der Waals surface area (Å²) in [6.45, 7) is 9.01. The fourth-order valence-electron chi connectivity index (χ4n) is 1.61. The second kappa shape index (κ2) is 10.5. The maximum Gasteiger partial charge on any atom is 0.0162 e. The molecule has 0 saturated heterocycles. The van der Waals surface area contributed by atoms with Crippen LogP contribution < -0.4 is 5.32 Å². The summed E-state index contributed by atoms with van der Waals surface area (Å²) in [7, 11) is 2.16. The first-order valence-corrected chi connectivity index (χ1v) is 5.89. The third kappa shape index (κ3) is 9.13. The van der Waals surface area contributed by atoms with Crippen LogP contribution in [0.2, 0.25) is 0 Å². The Bertz CT molecular complexity index is 241. The van der Waals surface area contributed by atoms with Crippen LogP contribution in [-0.4, -0.2) is 38.1 Å². The van der Waals surface area contributed by atoms with Gasteiger partial charge in [0.15, 0.2) is 0 Å². The Morgan fingerprint density at radius 2 is 1.71 bits per heavy atom. The molecule has 0 aromatic carbocycles. The quantitative estimate of drug-likeness (QED) is 0.652. The van der Waals surface area contributed by atoms with Gasteiger partial charge < -0.3 is 10.2 Å². The molecule has 0 saturated carbocycles. The molecule has 0 aliphatic carbocycles. The molecule has 0 aromatic rings. The number of hydrogen-bond acceptors (Lipinski definition) is 2. The lowest BCUT2D eigenvalue weighted by Crippen LogP contribution is -2.23. The standard InChI is InChI=1S/C7H13N.C6H11N.2CH4/c1-7-3-5-8(2)6-4-7;1-6-2-4-7-5-3-6;;/h3H,4-6H2,1-2H3;2,7H,3-5H2,1H3;2*1H4. The molecule has 2 heterocycles. The van der Waals surface area contributed by atoms with Gasteiger partial charge in [0.1, 0.15) is 0 Å². The van der Waals surface area contributed by atoms with E-state index < -0.39 is 0 Å². The Balaban J connectivity index is 0. The highest BCUT2D eigenvalue weighted by molar-refractivity contribution is 5.03. The summed E-state index contributed by atoms with van der Waals surface area (Å²) in [5, 5.41) is 3.24. The minimum Gasteiger partial charge on any atom is -0.313 e. The van der Waals surface area contributed by atoms with Gasteiger partial charge in [0.25, 0.3) is 0 Å². The van der Waals surface area contributed by atoms with Crippen molar-refractivity contribution in [1.82, 2.24) is 10.2 Å². The Morgan fingerprint density at radius 1 is 1.06 bits per heavy atom. The molecule has 2 nitrogen and oxygen atoms in total. The molecule has 1 N–H and O–H groups in total. The van der Waals surface area contributed by atoms with Crippen LogP contribution in [-0.2, 0) is 0 Å². The zero-order chi connectivity index (χ0) is 11.1. The van der Waals surface area contributed by atoms with Crippen molar-refractivity contribution in [2.45, 2.75) is 41.5 Å². The van der Waals surface area contributed by atoms with Gasteiger partial charge in [-0.1, -0.05) is 38.2 Å². The molecule has 2 aliphatic heterocycles. The van der Waals surface area contributed by atoms with E-state index in [1.165, 1.54) is 31.5 Å². The van der Waals surface area contributed by atoms with Crippen molar-refractivity contribution in [3.05, 3.63) is 23.3 Å². The zero-order valence-corrected chi connectivity index (χ0v) is 10.3. The molecule has 2 aliphatic rings. The number of likely N-dealkylation sites (N-methyl/N-ethyl adjacent to an activating group) is 1. The fraction of sp³-hybridized carbons (Fsp3) is 0.733. The molecule has 0 aromatic heterocycles. The Morgan fingerprint density at radius 3 is 2.00 bits per heavy atom. The lowest BCUT2D eigenvalue weighted by molar-refractivity contribution is 0.359. The summed E-state index contributed by atoms with van der Waals surface area (Å²) < 4.78 is 0. The molecule has 0 radical (unpaired) electrons. The second-order valence-corrected chi connectivity index (χ2v) is 4.57. The van der Waals surface area contributed by atoms with E-state index in [0.29, 0.717) is 0 Å². The van der Waals surface area contributed by atoms with E-state index in [2.05, 4.69) is 43.3 Å². The molecule has 17 heavy (non-hydrogen) atoms. The monoisotopic (exact) mass is 240 g/mol. The molecule has 2 heteroatoms. The van der Waals surface area contributed by atoms with Gasteiger partial charge in [-0.2, -0.15) is 0 Å². The molecule has 102 valence electrons. The van der Waals surface area contributed by atoms with Gasteiger partial charge in [0.2, 0.25) is 0 Å². The van der Waals surface area contributed by atoms with E-state index in [9.17, 15) is 0 Å². The van der Waals surface area contributed by atoms with Crippen molar-refractivity contribution < 1.29 is 0 Å². The zero-order valence-electron chi connectivity index (χ0n) is 10.3. The average Bonchev–Trinajstić information content (AvgIpc) is 2.25. The summed E-state index contributed by atoms with van der Waals surface area (Å²) >= 11 is 0. The van der Waals surface area contributed by atoms with Crippen LogP contribution >= 0.6 is 0 Å². The third-order valence-corrected chi connectivity index (χ3v) is 2.93. The number of nitrogens with zero attached hydrogens (tertiary/aromatic N) is 1. The van der Waals surface area contributed by atoms with Crippen molar-refractivity contribution in [3.63, 3.8) is 0 Å². The van der Waals surface area contributed by atoms with Crippen molar-refractivity contribution in [3.8, 4) is 0 Å². The fourth-order valence-corrected chi connectivity index (χ4v) is 1.61. The maximum absolute atomic E-state index is 3.24. The van der Waals surface area contributed by atoms with E-state index in [4.69, 9.17) is 0 Å². The minimum atomic E-state index is 0. The summed E-state index contributed by atoms with van der Waals surface area (Å²) in [6, 6.07) is 0. The highest BCUT2D eigenvalue weighted by Gasteiger charge is 2.01. The van der Waals surface area contributed by atoms with Crippen molar-refractivity contribution >= 4 is 0 Å². The second-order valence-electron chi connectivity index (χ2n) is 4.57. The van der Waals surface area contributed by atoms with Gasteiger partial charge in [-0.15, -0.1) is 0 Å². The van der Waals surface area contributed by atoms with Gasteiger partial charge >= 0.3 is 0 Å². The normalized spacial score (nSPS) is 19.7. The van der Waals surface area contributed by atoms with Gasteiger partial charge in [-0.05, 0) is 40.3 Å². The van der Waals surface area contributed by atoms with Crippen LogP contribution in [0.25, 0.3) is 0 Å². The largest absolute Gasteiger partial charge is 0.313 e. The van der Waals surface area contributed by atoms with Crippen LogP contribution in [0.3, 0.4) is 0 Å². The first-order valence-electron chi connectivity index (χ1n) is 5.89. The number of rotatable bonds is 0. The smallest absolute Gasteiger partial charge is 0.0162 e. The summed E-state index contributed by atoms with van der Waals surface area (Å²) in [4.78, 5) is 2.33. The average molecular weight is 240 g/mol. The van der Waals surface area contributed by atoms with Crippen molar-refractivity contribution in [2.75, 3.05) is 33.2 Å². The molecule has 0 amide bonds. The predicted octanol–water partition coefficient (Wildman–Crippen LogP) is 3.47.